The van der Waals surface area contributed by atoms with E-state index in [1.165, 1.54) is 5.56 Å². The van der Waals surface area contributed by atoms with Crippen molar-refractivity contribution in [2.45, 2.75) is 30.8 Å². The van der Waals surface area contributed by atoms with Gasteiger partial charge in [0.25, 0.3) is 0 Å². The van der Waals surface area contributed by atoms with Crippen molar-refractivity contribution in [3.8, 4) is 0 Å². The predicted molar refractivity (Wildman–Crippen MR) is 71.1 cm³/mol. The Hall–Kier alpha value is -1.77. The van der Waals surface area contributed by atoms with Crippen LogP contribution in [0.1, 0.15) is 24.8 Å². The lowest BCUT2D eigenvalue weighted by atomic mass is 9.71. The number of benzene rings is 1. The minimum Gasteiger partial charge on any atom is -0.389 e. The number of azide groups is 1. The fraction of sp³-hybridized carbons (Fsp3) is 0.429. The molecule has 4 nitrogen and oxygen atoms in total. The van der Waals surface area contributed by atoms with Gasteiger partial charge in [0.05, 0.1) is 6.10 Å². The number of hydrogen-bond donors (Lipinski definition) is 1. The second-order valence-electron chi connectivity index (χ2n) is 4.69. The van der Waals surface area contributed by atoms with Crippen LogP contribution in [-0.2, 0) is 5.41 Å². The molecule has 0 saturated carbocycles. The van der Waals surface area contributed by atoms with Gasteiger partial charge in [-0.3, -0.25) is 0 Å². The lowest BCUT2D eigenvalue weighted by Gasteiger charge is -2.35. The van der Waals surface area contributed by atoms with Crippen molar-refractivity contribution in [2.75, 3.05) is 6.54 Å². The van der Waals surface area contributed by atoms with Crippen LogP contribution < -0.4 is 0 Å². The van der Waals surface area contributed by atoms with Crippen molar-refractivity contribution in [3.05, 3.63) is 58.5 Å². The smallest absolute Gasteiger partial charge is 0.0721 e. The van der Waals surface area contributed by atoms with Crippen molar-refractivity contribution in [3.63, 3.8) is 0 Å². The number of aliphatic hydroxyl groups excluding tert-OH is 1. The van der Waals surface area contributed by atoms with Crippen molar-refractivity contribution in [1.29, 1.82) is 0 Å². The second kappa shape index (κ2) is 5.71. The van der Waals surface area contributed by atoms with Crippen LogP contribution in [0.4, 0.5) is 0 Å². The molecule has 4 heteroatoms. The molecule has 0 aliphatic heterocycles. The summed E-state index contributed by atoms with van der Waals surface area (Å²) in [6.07, 6.45) is 6.00. The van der Waals surface area contributed by atoms with Gasteiger partial charge in [-0.05, 0) is 30.4 Å². The van der Waals surface area contributed by atoms with Crippen LogP contribution in [0.15, 0.2) is 47.6 Å². The van der Waals surface area contributed by atoms with Crippen molar-refractivity contribution in [2.24, 2.45) is 5.11 Å². The van der Waals surface area contributed by atoms with E-state index in [1.807, 2.05) is 24.3 Å². The molecular formula is C14H17N3O. The number of allylic oxidation sites excluding steroid dienone is 1. The summed E-state index contributed by atoms with van der Waals surface area (Å²) in [6, 6.07) is 10.2. The van der Waals surface area contributed by atoms with Crippen LogP contribution in [-0.4, -0.2) is 17.8 Å². The first-order chi connectivity index (χ1) is 8.77. The van der Waals surface area contributed by atoms with E-state index in [4.69, 9.17) is 5.53 Å². The Morgan fingerprint density at radius 1 is 1.39 bits per heavy atom. The largest absolute Gasteiger partial charge is 0.389 e. The third-order valence-electron chi connectivity index (χ3n) is 3.59. The minimum absolute atomic E-state index is 0.102. The monoisotopic (exact) mass is 243 g/mol. The standard InChI is InChI=1S/C14H17N3O/c15-17-16-11-10-14(8-6-13(18)7-9-14)12-4-2-1-3-5-12/h1-6,8,13,18H,7,9-11H2/t13-,14-/m0/s1. The molecule has 0 amide bonds. The average Bonchev–Trinajstić information content (AvgIpc) is 2.43. The fourth-order valence-corrected chi connectivity index (χ4v) is 2.54. The molecule has 0 heterocycles. The minimum atomic E-state index is -0.346. The highest BCUT2D eigenvalue weighted by Gasteiger charge is 2.31. The predicted octanol–water partition coefficient (Wildman–Crippen LogP) is 3.34. The van der Waals surface area contributed by atoms with Crippen LogP contribution in [0.2, 0.25) is 0 Å². The number of hydrogen-bond acceptors (Lipinski definition) is 2. The molecule has 1 aromatic rings. The molecule has 0 spiro atoms. The maximum atomic E-state index is 9.59. The van der Waals surface area contributed by atoms with Gasteiger partial charge in [0.15, 0.2) is 0 Å². The Balaban J connectivity index is 2.28. The summed E-state index contributed by atoms with van der Waals surface area (Å²) in [4.78, 5) is 2.81. The van der Waals surface area contributed by atoms with E-state index in [1.54, 1.807) is 0 Å². The summed E-state index contributed by atoms with van der Waals surface area (Å²) in [5, 5.41) is 13.2. The van der Waals surface area contributed by atoms with Crippen LogP contribution in [0.3, 0.4) is 0 Å². The molecule has 0 saturated heterocycles. The van der Waals surface area contributed by atoms with E-state index < -0.39 is 0 Å². The van der Waals surface area contributed by atoms with Gasteiger partial charge in [0.1, 0.15) is 0 Å². The van der Waals surface area contributed by atoms with Crippen LogP contribution in [0.25, 0.3) is 10.4 Å². The van der Waals surface area contributed by atoms with Crippen LogP contribution in [0.5, 0.6) is 0 Å². The van der Waals surface area contributed by atoms with Gasteiger partial charge < -0.3 is 5.11 Å². The van der Waals surface area contributed by atoms with E-state index in [0.717, 1.165) is 19.3 Å². The Morgan fingerprint density at radius 2 is 2.17 bits per heavy atom. The van der Waals surface area contributed by atoms with Crippen molar-refractivity contribution < 1.29 is 5.11 Å². The lowest BCUT2D eigenvalue weighted by molar-refractivity contribution is 0.186. The molecule has 18 heavy (non-hydrogen) atoms. The SMILES string of the molecule is [N-]=[N+]=NCC[C@]1(c2ccccc2)C=C[C@H](O)CC1. The summed E-state index contributed by atoms with van der Waals surface area (Å²) >= 11 is 0. The average molecular weight is 243 g/mol. The summed E-state index contributed by atoms with van der Waals surface area (Å²) in [7, 11) is 0. The molecule has 0 radical (unpaired) electrons. The topological polar surface area (TPSA) is 69.0 Å². The second-order valence-corrected chi connectivity index (χ2v) is 4.69. The molecule has 0 fully saturated rings. The highest BCUT2D eigenvalue weighted by atomic mass is 16.3. The highest BCUT2D eigenvalue weighted by Crippen LogP contribution is 2.38. The van der Waals surface area contributed by atoms with E-state index in [0.29, 0.717) is 6.54 Å². The van der Waals surface area contributed by atoms with E-state index in [9.17, 15) is 5.11 Å². The first-order valence-electron chi connectivity index (χ1n) is 6.21. The van der Waals surface area contributed by atoms with Crippen LogP contribution >= 0.6 is 0 Å². The highest BCUT2D eigenvalue weighted by molar-refractivity contribution is 5.32. The molecular weight excluding hydrogens is 226 g/mol. The summed E-state index contributed by atoms with van der Waals surface area (Å²) in [5.74, 6) is 0. The molecule has 1 aliphatic carbocycles. The molecule has 1 aliphatic rings. The fourth-order valence-electron chi connectivity index (χ4n) is 2.54. The van der Waals surface area contributed by atoms with E-state index in [2.05, 4.69) is 28.2 Å². The zero-order chi connectivity index (χ0) is 12.8. The maximum Gasteiger partial charge on any atom is 0.0721 e. The lowest BCUT2D eigenvalue weighted by Crippen LogP contribution is -2.30. The molecule has 0 unspecified atom stereocenters. The third kappa shape index (κ3) is 2.73. The van der Waals surface area contributed by atoms with Crippen molar-refractivity contribution >= 4 is 0 Å². The van der Waals surface area contributed by atoms with Crippen molar-refractivity contribution in [1.82, 2.24) is 0 Å². The summed E-state index contributed by atoms with van der Waals surface area (Å²) in [5.41, 5.74) is 9.51. The van der Waals surface area contributed by atoms with Gasteiger partial charge in [-0.1, -0.05) is 47.6 Å². The van der Waals surface area contributed by atoms with Gasteiger partial charge in [-0.25, -0.2) is 0 Å². The number of nitrogens with zero attached hydrogens (tertiary/aromatic N) is 3. The summed E-state index contributed by atoms with van der Waals surface area (Å²) < 4.78 is 0. The zero-order valence-corrected chi connectivity index (χ0v) is 10.2. The Morgan fingerprint density at radius 3 is 2.78 bits per heavy atom. The number of rotatable bonds is 4. The first-order valence-corrected chi connectivity index (χ1v) is 6.21. The quantitative estimate of drug-likeness (QED) is 0.374. The first kappa shape index (κ1) is 12.7. The van der Waals surface area contributed by atoms with Gasteiger partial charge in [0.2, 0.25) is 0 Å². The van der Waals surface area contributed by atoms with Gasteiger partial charge in [0, 0.05) is 16.9 Å². The molecule has 94 valence electrons. The molecule has 2 rings (SSSR count). The van der Waals surface area contributed by atoms with Gasteiger partial charge in [-0.15, -0.1) is 0 Å². The van der Waals surface area contributed by atoms with Gasteiger partial charge in [-0.2, -0.15) is 0 Å². The molecule has 0 bridgehead atoms. The molecule has 1 aromatic carbocycles. The van der Waals surface area contributed by atoms with Crippen LogP contribution in [0, 0.1) is 0 Å². The molecule has 1 N–H and O–H groups in total. The summed E-state index contributed by atoms with van der Waals surface area (Å²) in [6.45, 7) is 0.478. The molecule has 2 atom stereocenters. The zero-order valence-electron chi connectivity index (χ0n) is 10.2. The Kier molecular flexibility index (Phi) is 4.03. The normalized spacial score (nSPS) is 26.6. The number of aliphatic hydroxyl groups is 1. The van der Waals surface area contributed by atoms with E-state index in [-0.39, 0.29) is 11.5 Å². The maximum absolute atomic E-state index is 9.59. The molecule has 0 aromatic heterocycles. The van der Waals surface area contributed by atoms with E-state index >= 15 is 0 Å². The van der Waals surface area contributed by atoms with Gasteiger partial charge >= 0.3 is 0 Å². The Labute approximate surface area is 107 Å². The third-order valence-corrected chi connectivity index (χ3v) is 3.59. The Bertz CT molecular complexity index is 465.